The van der Waals surface area contributed by atoms with Crippen molar-refractivity contribution >= 4 is 5.91 Å². The van der Waals surface area contributed by atoms with Crippen molar-refractivity contribution in [3.63, 3.8) is 0 Å². The number of hydrogen-bond acceptors (Lipinski definition) is 3. The third kappa shape index (κ3) is 4.19. The van der Waals surface area contributed by atoms with Gasteiger partial charge in [0.25, 0.3) is 0 Å². The molecule has 2 aliphatic carbocycles. The molecule has 0 unspecified atom stereocenters. The molecule has 2 saturated carbocycles. The zero-order valence-electron chi connectivity index (χ0n) is 16.2. The van der Waals surface area contributed by atoms with E-state index in [9.17, 15) is 9.18 Å². The molecule has 148 valence electrons. The van der Waals surface area contributed by atoms with Crippen LogP contribution in [0.3, 0.4) is 0 Å². The molecule has 5 heteroatoms. The molecule has 4 nitrogen and oxygen atoms in total. The molecule has 3 aliphatic rings. The monoisotopic (exact) mass is 375 g/mol. The highest BCUT2D eigenvalue weighted by Crippen LogP contribution is 2.44. The van der Waals surface area contributed by atoms with Gasteiger partial charge in [0, 0.05) is 26.7 Å². The van der Waals surface area contributed by atoms with E-state index < -0.39 is 0 Å². The minimum absolute atomic E-state index is 0.112. The van der Waals surface area contributed by atoms with Gasteiger partial charge in [-0.15, -0.1) is 0 Å². The molecule has 0 N–H and O–H groups in total. The van der Waals surface area contributed by atoms with Gasteiger partial charge in [0.15, 0.2) is 0 Å². The van der Waals surface area contributed by atoms with E-state index in [2.05, 4.69) is 0 Å². The van der Waals surface area contributed by atoms with Gasteiger partial charge in [-0.2, -0.15) is 0 Å². The fourth-order valence-corrected chi connectivity index (χ4v) is 4.71. The summed E-state index contributed by atoms with van der Waals surface area (Å²) in [6, 6.07) is 6.53. The van der Waals surface area contributed by atoms with E-state index in [1.807, 2.05) is 4.90 Å². The summed E-state index contributed by atoms with van der Waals surface area (Å²) in [7, 11) is 1.78. The summed E-state index contributed by atoms with van der Waals surface area (Å²) in [5.74, 6) is 0.691. The average molecular weight is 375 g/mol. The van der Waals surface area contributed by atoms with Crippen LogP contribution in [0.4, 0.5) is 4.39 Å². The Bertz CT molecular complexity index is 660. The first-order chi connectivity index (χ1) is 13.1. The third-order valence-electron chi connectivity index (χ3n) is 6.67. The Labute approximate surface area is 161 Å². The standard InChI is InChI=1S/C22H30FNO3/c1-26-22-11-10-19(27-15-17-2-3-17)14-20(22)24(13-12-22)21(25)9-6-16-4-7-18(23)8-5-16/h4-5,7-8,17,19-20H,2-3,6,9-15H2,1H3/t19-,20-,22+/m0/s1. The number of benzene rings is 1. The van der Waals surface area contributed by atoms with Crippen molar-refractivity contribution in [1.82, 2.24) is 4.90 Å². The normalized spacial score (nSPS) is 30.4. The van der Waals surface area contributed by atoms with Crippen molar-refractivity contribution in [3.8, 4) is 0 Å². The lowest BCUT2D eigenvalue weighted by molar-refractivity contribution is -0.141. The predicted octanol–water partition coefficient (Wildman–Crippen LogP) is 3.72. The van der Waals surface area contributed by atoms with Gasteiger partial charge in [0.2, 0.25) is 5.91 Å². The third-order valence-corrected chi connectivity index (χ3v) is 6.67. The van der Waals surface area contributed by atoms with Crippen LogP contribution in [0, 0.1) is 11.7 Å². The highest BCUT2D eigenvalue weighted by Gasteiger charge is 2.52. The van der Waals surface area contributed by atoms with Crippen LogP contribution < -0.4 is 0 Å². The molecule has 1 heterocycles. The number of aryl methyl sites for hydroxylation is 1. The van der Waals surface area contributed by atoms with Crippen molar-refractivity contribution in [3.05, 3.63) is 35.6 Å². The fourth-order valence-electron chi connectivity index (χ4n) is 4.71. The van der Waals surface area contributed by atoms with Gasteiger partial charge < -0.3 is 14.4 Å². The van der Waals surface area contributed by atoms with Crippen LogP contribution in [0.2, 0.25) is 0 Å². The SMILES string of the molecule is CO[C@@]12CC[C@H](OCC3CC3)C[C@@H]1N(C(=O)CCc1ccc(F)cc1)CC2. The van der Waals surface area contributed by atoms with Crippen LogP contribution in [-0.4, -0.2) is 48.8 Å². The number of fused-ring (bicyclic) bond motifs is 1. The molecule has 0 bridgehead atoms. The quantitative estimate of drug-likeness (QED) is 0.729. The Morgan fingerprint density at radius 3 is 2.70 bits per heavy atom. The van der Waals surface area contributed by atoms with E-state index >= 15 is 0 Å². The van der Waals surface area contributed by atoms with Crippen molar-refractivity contribution in [2.24, 2.45) is 5.92 Å². The Kier molecular flexibility index (Phi) is 5.51. The van der Waals surface area contributed by atoms with Crippen LogP contribution in [-0.2, 0) is 20.7 Å². The lowest BCUT2D eigenvalue weighted by Gasteiger charge is -2.43. The number of carbonyl (C=O) groups excluding carboxylic acids is 1. The number of ether oxygens (including phenoxy) is 2. The summed E-state index contributed by atoms with van der Waals surface area (Å²) in [4.78, 5) is 15.0. The smallest absolute Gasteiger partial charge is 0.223 e. The number of rotatable bonds is 7. The molecule has 0 spiro atoms. The average Bonchev–Trinajstić information content (AvgIpc) is 3.44. The first-order valence-electron chi connectivity index (χ1n) is 10.3. The molecule has 1 amide bonds. The number of carbonyl (C=O) groups is 1. The Hall–Kier alpha value is -1.46. The lowest BCUT2D eigenvalue weighted by Crippen LogP contribution is -2.53. The topological polar surface area (TPSA) is 38.8 Å². The minimum atomic E-state index is -0.242. The second-order valence-corrected chi connectivity index (χ2v) is 8.42. The Balaban J connectivity index is 1.37. The molecule has 4 rings (SSSR count). The van der Waals surface area contributed by atoms with Crippen molar-refractivity contribution in [2.45, 2.75) is 69.1 Å². The van der Waals surface area contributed by atoms with Crippen molar-refractivity contribution in [1.29, 1.82) is 0 Å². The van der Waals surface area contributed by atoms with Crippen LogP contribution in [0.25, 0.3) is 0 Å². The maximum absolute atomic E-state index is 13.1. The van der Waals surface area contributed by atoms with Crippen molar-refractivity contribution in [2.75, 3.05) is 20.3 Å². The summed E-state index contributed by atoms with van der Waals surface area (Å²) in [6.07, 6.45) is 7.70. The fraction of sp³-hybridized carbons (Fsp3) is 0.682. The second-order valence-electron chi connectivity index (χ2n) is 8.42. The number of nitrogens with zero attached hydrogens (tertiary/aromatic N) is 1. The zero-order chi connectivity index (χ0) is 18.9. The minimum Gasteiger partial charge on any atom is -0.378 e. The molecule has 1 aromatic rings. The van der Waals surface area contributed by atoms with Gasteiger partial charge >= 0.3 is 0 Å². The van der Waals surface area contributed by atoms with Gasteiger partial charge in [-0.25, -0.2) is 4.39 Å². The molecule has 0 radical (unpaired) electrons. The van der Waals surface area contributed by atoms with Crippen LogP contribution in [0.1, 0.15) is 50.5 Å². The van der Waals surface area contributed by atoms with Gasteiger partial charge in [-0.3, -0.25) is 4.79 Å². The first-order valence-corrected chi connectivity index (χ1v) is 10.3. The van der Waals surface area contributed by atoms with E-state index in [4.69, 9.17) is 9.47 Å². The van der Waals surface area contributed by atoms with E-state index in [1.54, 1.807) is 19.2 Å². The molecule has 27 heavy (non-hydrogen) atoms. The summed E-state index contributed by atoms with van der Waals surface area (Å²) >= 11 is 0. The summed E-state index contributed by atoms with van der Waals surface area (Å²) in [6.45, 7) is 1.63. The van der Waals surface area contributed by atoms with Gasteiger partial charge in [-0.1, -0.05) is 12.1 Å². The maximum Gasteiger partial charge on any atom is 0.223 e. The Morgan fingerprint density at radius 1 is 1.22 bits per heavy atom. The van der Waals surface area contributed by atoms with E-state index in [-0.39, 0.29) is 29.5 Å². The van der Waals surface area contributed by atoms with E-state index in [0.29, 0.717) is 12.8 Å². The predicted molar refractivity (Wildman–Crippen MR) is 101 cm³/mol. The van der Waals surface area contributed by atoms with Crippen LogP contribution in [0.15, 0.2) is 24.3 Å². The molecule has 3 atom stereocenters. The van der Waals surface area contributed by atoms with Gasteiger partial charge in [0.1, 0.15) is 5.82 Å². The molecule has 1 saturated heterocycles. The highest BCUT2D eigenvalue weighted by molar-refractivity contribution is 5.77. The molecule has 1 aliphatic heterocycles. The van der Waals surface area contributed by atoms with E-state index in [0.717, 1.165) is 50.3 Å². The summed E-state index contributed by atoms with van der Waals surface area (Å²) < 4.78 is 25.1. The molecular formula is C22H30FNO3. The largest absolute Gasteiger partial charge is 0.378 e. The number of amides is 1. The number of hydrogen-bond donors (Lipinski definition) is 0. The molecule has 0 aromatic heterocycles. The number of likely N-dealkylation sites (tertiary alicyclic amines) is 1. The lowest BCUT2D eigenvalue weighted by atomic mass is 9.79. The zero-order valence-corrected chi connectivity index (χ0v) is 16.2. The molecule has 3 fully saturated rings. The highest BCUT2D eigenvalue weighted by atomic mass is 19.1. The van der Waals surface area contributed by atoms with Crippen molar-refractivity contribution < 1.29 is 18.7 Å². The molecule has 1 aromatic carbocycles. The summed E-state index contributed by atoms with van der Waals surface area (Å²) in [5.41, 5.74) is 0.793. The number of halogens is 1. The van der Waals surface area contributed by atoms with Crippen LogP contribution >= 0.6 is 0 Å². The second kappa shape index (κ2) is 7.88. The maximum atomic E-state index is 13.1. The Morgan fingerprint density at radius 2 is 2.00 bits per heavy atom. The van der Waals surface area contributed by atoms with Gasteiger partial charge in [-0.05, 0) is 68.6 Å². The van der Waals surface area contributed by atoms with Gasteiger partial charge in [0.05, 0.1) is 17.7 Å². The van der Waals surface area contributed by atoms with Crippen LogP contribution in [0.5, 0.6) is 0 Å². The molecular weight excluding hydrogens is 345 g/mol. The number of methoxy groups -OCH3 is 1. The first kappa shape index (κ1) is 18.9. The summed E-state index contributed by atoms with van der Waals surface area (Å²) in [5, 5.41) is 0. The van der Waals surface area contributed by atoms with E-state index in [1.165, 1.54) is 25.0 Å².